The number of rotatable bonds is 6. The maximum Gasteiger partial charge on any atom is 0.216 e. The van der Waals surface area contributed by atoms with Crippen LogP contribution in [0.25, 0.3) is 0 Å². The SMILES string of the molecule is CCNC(=NCc1ncc(C(C)(C)C)o1)NCCc1cccs1. The van der Waals surface area contributed by atoms with Gasteiger partial charge in [0.2, 0.25) is 5.89 Å². The predicted molar refractivity (Wildman–Crippen MR) is 96.0 cm³/mol. The first kappa shape index (κ1) is 17.5. The second kappa shape index (κ2) is 8.15. The Morgan fingerprint density at radius 3 is 2.78 bits per heavy atom. The van der Waals surface area contributed by atoms with E-state index in [1.165, 1.54) is 4.88 Å². The van der Waals surface area contributed by atoms with Gasteiger partial charge in [0.25, 0.3) is 0 Å². The fraction of sp³-hybridized carbons (Fsp3) is 0.529. The largest absolute Gasteiger partial charge is 0.443 e. The first-order valence-corrected chi connectivity index (χ1v) is 8.86. The lowest BCUT2D eigenvalue weighted by atomic mass is 9.94. The minimum Gasteiger partial charge on any atom is -0.443 e. The van der Waals surface area contributed by atoms with Gasteiger partial charge in [-0.15, -0.1) is 11.3 Å². The van der Waals surface area contributed by atoms with Crippen molar-refractivity contribution in [2.45, 2.75) is 46.1 Å². The van der Waals surface area contributed by atoms with E-state index in [-0.39, 0.29) is 5.41 Å². The fourth-order valence-electron chi connectivity index (χ4n) is 1.98. The summed E-state index contributed by atoms with van der Waals surface area (Å²) in [5, 5.41) is 8.69. The summed E-state index contributed by atoms with van der Waals surface area (Å²) in [5.41, 5.74) is -0.0293. The molecule has 0 aliphatic rings. The van der Waals surface area contributed by atoms with Crippen LogP contribution in [0.1, 0.15) is 44.2 Å². The Hall–Kier alpha value is -1.82. The molecular formula is C17H26N4OS. The van der Waals surface area contributed by atoms with Gasteiger partial charge in [0.15, 0.2) is 5.96 Å². The number of aliphatic imine (C=N–C) groups is 1. The third-order valence-corrected chi connectivity index (χ3v) is 4.19. The van der Waals surface area contributed by atoms with Gasteiger partial charge in [0.1, 0.15) is 12.3 Å². The maximum absolute atomic E-state index is 5.77. The number of hydrogen-bond acceptors (Lipinski definition) is 4. The van der Waals surface area contributed by atoms with Gasteiger partial charge in [0.05, 0.1) is 6.20 Å². The molecule has 5 nitrogen and oxygen atoms in total. The Morgan fingerprint density at radius 1 is 1.35 bits per heavy atom. The van der Waals surface area contributed by atoms with Crippen LogP contribution in [0.2, 0.25) is 0 Å². The molecule has 2 N–H and O–H groups in total. The van der Waals surface area contributed by atoms with E-state index in [9.17, 15) is 0 Å². The number of thiophene rings is 1. The van der Waals surface area contributed by atoms with Gasteiger partial charge in [-0.25, -0.2) is 9.98 Å². The Bertz CT molecular complexity index is 611. The first-order valence-electron chi connectivity index (χ1n) is 7.99. The lowest BCUT2D eigenvalue weighted by Gasteiger charge is -2.13. The highest BCUT2D eigenvalue weighted by Crippen LogP contribution is 2.22. The summed E-state index contributed by atoms with van der Waals surface area (Å²) in [6.45, 7) is 10.5. The Labute approximate surface area is 142 Å². The van der Waals surface area contributed by atoms with Gasteiger partial charge >= 0.3 is 0 Å². The summed E-state index contributed by atoms with van der Waals surface area (Å²) >= 11 is 1.78. The van der Waals surface area contributed by atoms with E-state index >= 15 is 0 Å². The molecule has 0 radical (unpaired) electrons. The molecule has 2 aromatic rings. The quantitative estimate of drug-likeness (QED) is 0.628. The van der Waals surface area contributed by atoms with Crippen LogP contribution in [0.4, 0.5) is 0 Å². The molecule has 0 unspecified atom stereocenters. The summed E-state index contributed by atoms with van der Waals surface area (Å²) in [6.07, 6.45) is 2.79. The van der Waals surface area contributed by atoms with Crippen LogP contribution in [0.3, 0.4) is 0 Å². The summed E-state index contributed by atoms with van der Waals surface area (Å²) in [4.78, 5) is 10.2. The highest BCUT2D eigenvalue weighted by atomic mass is 32.1. The van der Waals surface area contributed by atoms with E-state index in [4.69, 9.17) is 4.42 Å². The second-order valence-electron chi connectivity index (χ2n) is 6.32. The second-order valence-corrected chi connectivity index (χ2v) is 7.35. The topological polar surface area (TPSA) is 62.5 Å². The molecule has 0 fully saturated rings. The van der Waals surface area contributed by atoms with Crippen LogP contribution >= 0.6 is 11.3 Å². The van der Waals surface area contributed by atoms with Crippen LogP contribution in [0.5, 0.6) is 0 Å². The monoisotopic (exact) mass is 334 g/mol. The number of nitrogens with zero attached hydrogens (tertiary/aromatic N) is 2. The number of hydrogen-bond donors (Lipinski definition) is 2. The lowest BCUT2D eigenvalue weighted by Crippen LogP contribution is -2.38. The number of guanidine groups is 1. The molecular weight excluding hydrogens is 308 g/mol. The lowest BCUT2D eigenvalue weighted by molar-refractivity contribution is 0.383. The van der Waals surface area contributed by atoms with Crippen LogP contribution in [0, 0.1) is 0 Å². The van der Waals surface area contributed by atoms with Crippen molar-refractivity contribution in [1.29, 1.82) is 0 Å². The molecule has 0 spiro atoms. The van der Waals surface area contributed by atoms with Gasteiger partial charge in [0, 0.05) is 23.4 Å². The maximum atomic E-state index is 5.77. The van der Waals surface area contributed by atoms with Crippen molar-refractivity contribution in [3.8, 4) is 0 Å². The average molecular weight is 334 g/mol. The summed E-state index contributed by atoms with van der Waals surface area (Å²) in [7, 11) is 0. The van der Waals surface area contributed by atoms with E-state index in [0.29, 0.717) is 12.4 Å². The molecule has 2 aromatic heterocycles. The van der Waals surface area contributed by atoms with Crippen molar-refractivity contribution >= 4 is 17.3 Å². The van der Waals surface area contributed by atoms with Crippen LogP contribution in [-0.2, 0) is 18.4 Å². The molecule has 2 heterocycles. The number of oxazole rings is 1. The molecule has 0 saturated carbocycles. The summed E-state index contributed by atoms with van der Waals surface area (Å²) in [5.74, 6) is 2.32. The van der Waals surface area contributed by atoms with Crippen molar-refractivity contribution in [2.24, 2.45) is 4.99 Å². The number of aromatic nitrogens is 1. The minimum absolute atomic E-state index is 0.0293. The van der Waals surface area contributed by atoms with Crippen LogP contribution < -0.4 is 10.6 Å². The van der Waals surface area contributed by atoms with Crippen molar-refractivity contribution in [3.05, 3.63) is 40.2 Å². The molecule has 0 saturated heterocycles. The molecule has 23 heavy (non-hydrogen) atoms. The predicted octanol–water partition coefficient (Wildman–Crippen LogP) is 3.33. The zero-order valence-corrected chi connectivity index (χ0v) is 15.2. The smallest absolute Gasteiger partial charge is 0.216 e. The van der Waals surface area contributed by atoms with Crippen LogP contribution in [0.15, 0.2) is 33.1 Å². The van der Waals surface area contributed by atoms with Crippen molar-refractivity contribution in [1.82, 2.24) is 15.6 Å². The third-order valence-electron chi connectivity index (χ3n) is 3.25. The molecule has 126 valence electrons. The fourth-order valence-corrected chi connectivity index (χ4v) is 2.69. The normalized spacial score (nSPS) is 12.4. The molecule has 0 aromatic carbocycles. The zero-order valence-electron chi connectivity index (χ0n) is 14.3. The average Bonchev–Trinajstić information content (AvgIpc) is 3.15. The van der Waals surface area contributed by atoms with Crippen LogP contribution in [-0.4, -0.2) is 24.0 Å². The van der Waals surface area contributed by atoms with Gasteiger partial charge in [-0.05, 0) is 24.8 Å². The van der Waals surface area contributed by atoms with Gasteiger partial charge in [-0.2, -0.15) is 0 Å². The molecule has 0 atom stereocenters. The molecule has 6 heteroatoms. The van der Waals surface area contributed by atoms with Gasteiger partial charge in [-0.1, -0.05) is 26.8 Å². The summed E-state index contributed by atoms with van der Waals surface area (Å²) in [6, 6.07) is 4.23. The summed E-state index contributed by atoms with van der Waals surface area (Å²) < 4.78 is 5.77. The van der Waals surface area contributed by atoms with Crippen molar-refractivity contribution in [2.75, 3.05) is 13.1 Å². The van der Waals surface area contributed by atoms with Crippen molar-refractivity contribution < 1.29 is 4.42 Å². The van der Waals surface area contributed by atoms with E-state index in [0.717, 1.165) is 31.2 Å². The highest BCUT2D eigenvalue weighted by molar-refractivity contribution is 7.09. The van der Waals surface area contributed by atoms with E-state index < -0.39 is 0 Å². The Kier molecular flexibility index (Phi) is 6.21. The molecule has 0 bridgehead atoms. The number of nitrogens with one attached hydrogen (secondary N) is 2. The Balaban J connectivity index is 1.88. The highest BCUT2D eigenvalue weighted by Gasteiger charge is 2.18. The van der Waals surface area contributed by atoms with E-state index in [1.807, 2.05) is 0 Å². The first-order chi connectivity index (χ1) is 11.0. The molecule has 0 aliphatic heterocycles. The molecule has 0 aliphatic carbocycles. The molecule has 2 rings (SSSR count). The van der Waals surface area contributed by atoms with E-state index in [1.54, 1.807) is 17.5 Å². The minimum atomic E-state index is -0.0293. The van der Waals surface area contributed by atoms with Crippen molar-refractivity contribution in [3.63, 3.8) is 0 Å². The van der Waals surface area contributed by atoms with E-state index in [2.05, 4.69) is 65.8 Å². The van der Waals surface area contributed by atoms with Gasteiger partial charge < -0.3 is 15.1 Å². The zero-order chi connectivity index (χ0) is 16.7. The Morgan fingerprint density at radius 2 is 2.17 bits per heavy atom. The van der Waals surface area contributed by atoms with Gasteiger partial charge in [-0.3, -0.25) is 0 Å². The molecule has 0 amide bonds. The standard InChI is InChI=1S/C17H26N4OS/c1-5-18-16(19-9-8-13-7-6-10-23-13)21-12-15-20-11-14(22-15)17(2,3)4/h6-7,10-11H,5,8-9,12H2,1-4H3,(H2,18,19,21). The third kappa shape index (κ3) is 5.71.